The van der Waals surface area contributed by atoms with Gasteiger partial charge in [-0.2, -0.15) is 26.3 Å². The molecule has 0 aliphatic heterocycles. The summed E-state index contributed by atoms with van der Waals surface area (Å²) in [6.45, 7) is 16.1. The molecular formula is C18H36F6N2O5S2. The fourth-order valence-electron chi connectivity index (χ4n) is 2.77. The molecule has 0 radical (unpaired) electrons. The average molecular weight is 539 g/mol. The fourth-order valence-corrected chi connectivity index (χ4v) is 4.48. The topological polar surface area (TPSA) is 91.6 Å². The lowest BCUT2D eigenvalue weighted by molar-refractivity contribution is -0.929. The van der Waals surface area contributed by atoms with Crippen LogP contribution in [0.25, 0.3) is 4.13 Å². The zero-order chi connectivity index (χ0) is 26.4. The molecule has 0 unspecified atom stereocenters. The van der Waals surface area contributed by atoms with Crippen LogP contribution in [-0.2, 0) is 24.8 Å². The van der Waals surface area contributed by atoms with E-state index in [0.717, 1.165) is 17.3 Å². The summed E-state index contributed by atoms with van der Waals surface area (Å²) in [6, 6.07) is 0. The van der Waals surface area contributed by atoms with E-state index >= 15 is 0 Å². The van der Waals surface area contributed by atoms with Crippen molar-refractivity contribution in [1.82, 2.24) is 0 Å². The lowest BCUT2D eigenvalue weighted by atomic mass is 10.1. The number of sulfonamides is 2. The Balaban J connectivity index is 0. The summed E-state index contributed by atoms with van der Waals surface area (Å²) >= 11 is 0. The van der Waals surface area contributed by atoms with Crippen molar-refractivity contribution in [3.05, 3.63) is 4.13 Å². The molecule has 0 amide bonds. The first-order valence-corrected chi connectivity index (χ1v) is 13.6. The molecule has 0 N–H and O–H groups in total. The zero-order valence-corrected chi connectivity index (χ0v) is 21.1. The number of hydrogen-bond acceptors (Lipinski definition) is 5. The molecule has 0 aromatic carbocycles. The molecule has 0 aromatic heterocycles. The van der Waals surface area contributed by atoms with Crippen LogP contribution in [0.5, 0.6) is 0 Å². The van der Waals surface area contributed by atoms with Gasteiger partial charge in [-0.05, 0) is 26.2 Å². The van der Waals surface area contributed by atoms with Gasteiger partial charge in [-0.25, -0.2) is 16.8 Å². The Hall–Kier alpha value is -0.640. The monoisotopic (exact) mass is 538 g/mol. The van der Waals surface area contributed by atoms with Gasteiger partial charge in [0.05, 0.1) is 26.2 Å². The summed E-state index contributed by atoms with van der Waals surface area (Å²) in [7, 11) is -13.4. The number of quaternary nitrogens is 1. The van der Waals surface area contributed by atoms with E-state index < -0.39 is 31.1 Å². The van der Waals surface area contributed by atoms with Gasteiger partial charge in [0.15, 0.2) is 20.0 Å². The van der Waals surface area contributed by atoms with Gasteiger partial charge in [-0.1, -0.05) is 40.0 Å². The second-order valence-electron chi connectivity index (χ2n) is 7.41. The van der Waals surface area contributed by atoms with E-state index in [2.05, 4.69) is 27.7 Å². The molecule has 0 aromatic rings. The second-order valence-corrected chi connectivity index (χ2v) is 10.8. The molecular weight excluding hydrogens is 502 g/mol. The van der Waals surface area contributed by atoms with Crippen LogP contribution in [0.4, 0.5) is 26.3 Å². The van der Waals surface area contributed by atoms with Crippen molar-refractivity contribution < 1.29 is 52.4 Å². The van der Waals surface area contributed by atoms with Crippen molar-refractivity contribution in [2.45, 2.75) is 77.2 Å². The van der Waals surface area contributed by atoms with Crippen molar-refractivity contribution in [3.63, 3.8) is 0 Å². The summed E-state index contributed by atoms with van der Waals surface area (Å²) in [5.41, 5.74) is -12.4. The minimum Gasteiger partial charge on any atom is -0.421 e. The molecule has 0 spiro atoms. The number of hydrogen-bond donors (Lipinski definition) is 0. The van der Waals surface area contributed by atoms with E-state index in [1.807, 2.05) is 0 Å². The highest BCUT2D eigenvalue weighted by Crippen LogP contribution is 2.36. The fraction of sp³-hybridized carbons (Fsp3) is 1.00. The number of ether oxygens (including phenoxy) is 1. The molecule has 202 valence electrons. The first kappa shape index (κ1) is 34.5. The lowest BCUT2D eigenvalue weighted by Gasteiger charge is -2.39. The Morgan fingerprint density at radius 1 is 0.667 bits per heavy atom. The third-order valence-electron chi connectivity index (χ3n) is 4.65. The maximum absolute atomic E-state index is 11.4. The highest BCUT2D eigenvalue weighted by atomic mass is 32.3. The van der Waals surface area contributed by atoms with Gasteiger partial charge >= 0.3 is 11.0 Å². The average Bonchev–Trinajstić information content (AvgIpc) is 2.67. The van der Waals surface area contributed by atoms with Crippen molar-refractivity contribution >= 4 is 20.0 Å². The van der Waals surface area contributed by atoms with Gasteiger partial charge in [0.2, 0.25) is 0 Å². The van der Waals surface area contributed by atoms with E-state index in [4.69, 9.17) is 4.74 Å². The molecule has 0 atom stereocenters. The lowest BCUT2D eigenvalue weighted by Crippen LogP contribution is -2.52. The van der Waals surface area contributed by atoms with E-state index in [-0.39, 0.29) is 0 Å². The molecule has 0 saturated carbocycles. The summed E-state index contributed by atoms with van der Waals surface area (Å²) in [4.78, 5) is 0. The Morgan fingerprint density at radius 3 is 1.24 bits per heavy atom. The predicted octanol–water partition coefficient (Wildman–Crippen LogP) is 5.30. The smallest absolute Gasteiger partial charge is 0.421 e. The Kier molecular flexibility index (Phi) is 16.1. The maximum Gasteiger partial charge on any atom is 0.480 e. The third kappa shape index (κ3) is 13.7. The highest BCUT2D eigenvalue weighted by Gasteiger charge is 2.46. The third-order valence-corrected chi connectivity index (χ3v) is 7.39. The van der Waals surface area contributed by atoms with Gasteiger partial charge in [-0.15, -0.1) is 0 Å². The molecule has 7 nitrogen and oxygen atoms in total. The highest BCUT2D eigenvalue weighted by molar-refractivity contribution is 8.13. The van der Waals surface area contributed by atoms with Crippen molar-refractivity contribution in [2.75, 3.05) is 39.4 Å². The molecule has 0 rings (SSSR count). The van der Waals surface area contributed by atoms with E-state index in [1.54, 1.807) is 0 Å². The zero-order valence-electron chi connectivity index (χ0n) is 19.5. The van der Waals surface area contributed by atoms with Gasteiger partial charge in [0, 0.05) is 6.61 Å². The minimum atomic E-state index is -6.72. The van der Waals surface area contributed by atoms with Crippen LogP contribution in [-0.4, -0.2) is 71.7 Å². The van der Waals surface area contributed by atoms with Crippen LogP contribution in [0.15, 0.2) is 0 Å². The van der Waals surface area contributed by atoms with E-state index in [0.29, 0.717) is 0 Å². The van der Waals surface area contributed by atoms with Crippen molar-refractivity contribution in [1.29, 1.82) is 0 Å². The number of unbranched alkanes of at least 4 members (excludes halogenated alkanes) is 3. The number of alkyl halides is 6. The van der Waals surface area contributed by atoms with Gasteiger partial charge < -0.3 is 13.3 Å². The minimum absolute atomic E-state index is 0.778. The van der Waals surface area contributed by atoms with Gasteiger partial charge in [-0.3, -0.25) is 0 Å². The van der Waals surface area contributed by atoms with Crippen LogP contribution in [0.1, 0.15) is 66.2 Å². The van der Waals surface area contributed by atoms with Crippen LogP contribution in [0.2, 0.25) is 0 Å². The normalized spacial score (nSPS) is 13.5. The number of nitrogens with zero attached hydrogens (tertiary/aromatic N) is 2. The Bertz CT molecular complexity index is 662. The van der Waals surface area contributed by atoms with Crippen LogP contribution in [0.3, 0.4) is 0 Å². The summed E-state index contributed by atoms with van der Waals surface area (Å²) in [5.74, 6) is 0. The maximum atomic E-state index is 11.4. The SMILES string of the molecule is CCCC[N+](CCCC)(CCCC)CCOCC.O=S(=O)([N-]S(=O)(=O)C(F)(F)F)C(F)(F)F. The van der Waals surface area contributed by atoms with Crippen molar-refractivity contribution in [2.24, 2.45) is 0 Å². The van der Waals surface area contributed by atoms with Crippen molar-refractivity contribution in [3.8, 4) is 0 Å². The summed E-state index contributed by atoms with van der Waals surface area (Å²) in [5, 5.41) is 0. The molecule has 0 aliphatic rings. The van der Waals surface area contributed by atoms with Crippen LogP contribution < -0.4 is 0 Å². The molecule has 0 fully saturated rings. The molecule has 0 saturated heterocycles. The number of rotatable bonds is 15. The van der Waals surface area contributed by atoms with Gasteiger partial charge in [0.25, 0.3) is 0 Å². The largest absolute Gasteiger partial charge is 0.480 e. The quantitative estimate of drug-likeness (QED) is 0.160. The predicted molar refractivity (Wildman–Crippen MR) is 114 cm³/mol. The molecule has 0 heterocycles. The summed E-state index contributed by atoms with van der Waals surface area (Å²) < 4.78 is 116. The Labute approximate surface area is 193 Å². The van der Waals surface area contributed by atoms with Gasteiger partial charge in [0.1, 0.15) is 6.54 Å². The van der Waals surface area contributed by atoms with E-state index in [1.165, 1.54) is 69.2 Å². The van der Waals surface area contributed by atoms with E-state index in [9.17, 15) is 43.2 Å². The number of halogens is 6. The first-order valence-electron chi connectivity index (χ1n) is 10.7. The summed E-state index contributed by atoms with van der Waals surface area (Å²) in [6.07, 6.45) is 8.02. The Morgan fingerprint density at radius 2 is 1.00 bits per heavy atom. The standard InChI is InChI=1S/C16H36NO.C2F6NO4S2/c1-5-9-12-17(13-10-6-2,14-11-7-3)15-16-18-8-4;3-1(4,5)14(10,11)9-15(12,13)2(6,7)8/h5-16H2,1-4H3;/q+1;-1. The molecule has 0 bridgehead atoms. The molecule has 0 aliphatic carbocycles. The van der Waals surface area contributed by atoms with Crippen LogP contribution in [0, 0.1) is 0 Å². The van der Waals surface area contributed by atoms with Crippen LogP contribution >= 0.6 is 0 Å². The first-order chi connectivity index (χ1) is 14.9. The molecule has 33 heavy (non-hydrogen) atoms. The second kappa shape index (κ2) is 15.4. The molecule has 15 heteroatoms.